The zero-order valence-electron chi connectivity index (χ0n) is 15.5. The fourth-order valence-corrected chi connectivity index (χ4v) is 6.00. The minimum Gasteiger partial charge on any atom is -0.512 e. The molecule has 4 aliphatic rings. The summed E-state index contributed by atoms with van der Waals surface area (Å²) in [6.45, 7) is 2.85. The minimum absolute atomic E-state index is 0.0324. The summed E-state index contributed by atoms with van der Waals surface area (Å²) in [7, 11) is 3.83. The van der Waals surface area contributed by atoms with E-state index in [0.717, 1.165) is 25.1 Å². The number of carbonyl (C=O) groups is 1. The normalized spacial score (nSPS) is 36.4. The van der Waals surface area contributed by atoms with Gasteiger partial charge in [-0.1, -0.05) is 13.0 Å². The molecule has 2 aliphatic heterocycles. The molecule has 0 unspecified atom stereocenters. The molecule has 0 aromatic heterocycles. The number of methoxy groups -OCH3 is 1. The van der Waals surface area contributed by atoms with Crippen LogP contribution in [-0.4, -0.2) is 48.6 Å². The van der Waals surface area contributed by atoms with Crippen LogP contribution in [0.25, 0.3) is 0 Å². The van der Waals surface area contributed by atoms with Crippen LogP contribution in [-0.2, 0) is 16.6 Å². The predicted octanol–water partition coefficient (Wildman–Crippen LogP) is 2.77. The van der Waals surface area contributed by atoms with Crippen molar-refractivity contribution in [2.24, 2.45) is 5.92 Å². The maximum atomic E-state index is 13.3. The lowest BCUT2D eigenvalue weighted by Crippen LogP contribution is -2.66. The molecule has 138 valence electrons. The first-order chi connectivity index (χ1) is 12.5. The van der Waals surface area contributed by atoms with Crippen LogP contribution < -0.4 is 9.47 Å². The van der Waals surface area contributed by atoms with E-state index in [0.29, 0.717) is 30.2 Å². The van der Waals surface area contributed by atoms with Gasteiger partial charge in [-0.25, -0.2) is 0 Å². The number of ether oxygens (including phenoxy) is 2. The summed E-state index contributed by atoms with van der Waals surface area (Å²) in [4.78, 5) is 15.8. The molecule has 0 amide bonds. The molecule has 0 radical (unpaired) electrons. The SMILES string of the molecule is CC/C(O)=C1/C[C@H]2[C@H]3Cc4ccc(OC)c5c4[C@@]2(CCN3C)[C@@H](O5)C1=O. The average Bonchev–Trinajstić information content (AvgIpc) is 3.00. The van der Waals surface area contributed by atoms with E-state index in [1.54, 1.807) is 7.11 Å². The Morgan fingerprint density at radius 2 is 2.23 bits per heavy atom. The number of likely N-dealkylation sites (N-methyl/N-ethyl adjacent to an activating group) is 1. The topological polar surface area (TPSA) is 59.0 Å². The lowest BCUT2D eigenvalue weighted by atomic mass is 9.51. The van der Waals surface area contributed by atoms with Crippen molar-refractivity contribution < 1.29 is 19.4 Å². The number of likely N-dealkylation sites (tertiary alicyclic amines) is 1. The lowest BCUT2D eigenvalue weighted by molar-refractivity contribution is -0.132. The van der Waals surface area contributed by atoms with Crippen molar-refractivity contribution in [3.63, 3.8) is 0 Å². The average molecular weight is 355 g/mol. The van der Waals surface area contributed by atoms with Crippen LogP contribution in [0.1, 0.15) is 37.3 Å². The van der Waals surface area contributed by atoms with Crippen LogP contribution in [0, 0.1) is 5.92 Å². The zero-order valence-corrected chi connectivity index (χ0v) is 15.5. The predicted molar refractivity (Wildman–Crippen MR) is 96.9 cm³/mol. The van der Waals surface area contributed by atoms with Gasteiger partial charge in [0.25, 0.3) is 0 Å². The summed E-state index contributed by atoms with van der Waals surface area (Å²) in [6, 6.07) is 4.48. The summed E-state index contributed by atoms with van der Waals surface area (Å²) in [5.74, 6) is 1.95. The van der Waals surface area contributed by atoms with E-state index < -0.39 is 6.10 Å². The number of aliphatic hydroxyl groups is 1. The van der Waals surface area contributed by atoms with Gasteiger partial charge in [0.2, 0.25) is 5.78 Å². The number of carbonyl (C=O) groups excluding carboxylic acids is 1. The minimum atomic E-state index is -0.536. The van der Waals surface area contributed by atoms with Crippen LogP contribution in [0.5, 0.6) is 11.5 Å². The first-order valence-corrected chi connectivity index (χ1v) is 9.55. The highest BCUT2D eigenvalue weighted by Crippen LogP contribution is 2.63. The second-order valence-corrected chi connectivity index (χ2v) is 8.13. The van der Waals surface area contributed by atoms with Gasteiger partial charge in [0.15, 0.2) is 17.6 Å². The third-order valence-electron chi connectivity index (χ3n) is 7.24. The first-order valence-electron chi connectivity index (χ1n) is 9.55. The number of rotatable bonds is 2. The molecule has 4 atom stereocenters. The van der Waals surface area contributed by atoms with Gasteiger partial charge < -0.3 is 19.5 Å². The molecular weight excluding hydrogens is 330 g/mol. The summed E-state index contributed by atoms with van der Waals surface area (Å²) in [6.07, 6.45) is 2.46. The van der Waals surface area contributed by atoms with Gasteiger partial charge >= 0.3 is 0 Å². The quantitative estimate of drug-likeness (QED) is 0.653. The van der Waals surface area contributed by atoms with Crippen LogP contribution >= 0.6 is 0 Å². The van der Waals surface area contributed by atoms with Crippen molar-refractivity contribution in [3.8, 4) is 11.5 Å². The molecule has 1 N–H and O–H groups in total. The Kier molecular flexibility index (Phi) is 3.27. The number of ketones is 1. The van der Waals surface area contributed by atoms with Crippen molar-refractivity contribution in [2.75, 3.05) is 20.7 Å². The second kappa shape index (κ2) is 5.26. The molecule has 5 heteroatoms. The maximum Gasteiger partial charge on any atom is 0.203 e. The molecule has 1 aromatic carbocycles. The third-order valence-corrected chi connectivity index (χ3v) is 7.24. The van der Waals surface area contributed by atoms with Gasteiger partial charge in [0.1, 0.15) is 0 Å². The summed E-state index contributed by atoms with van der Waals surface area (Å²) < 4.78 is 11.9. The van der Waals surface area contributed by atoms with Crippen LogP contribution in [0.3, 0.4) is 0 Å². The molecule has 2 aliphatic carbocycles. The third kappa shape index (κ3) is 1.72. The van der Waals surface area contributed by atoms with E-state index >= 15 is 0 Å². The van der Waals surface area contributed by atoms with Crippen molar-refractivity contribution >= 4 is 5.78 Å². The number of piperidine rings is 1. The number of hydrogen-bond acceptors (Lipinski definition) is 5. The number of hydrogen-bond donors (Lipinski definition) is 1. The molecule has 2 bridgehead atoms. The number of aliphatic hydroxyl groups excluding tert-OH is 1. The fourth-order valence-electron chi connectivity index (χ4n) is 6.00. The van der Waals surface area contributed by atoms with E-state index in [-0.39, 0.29) is 22.9 Å². The van der Waals surface area contributed by atoms with Crippen LogP contribution in [0.2, 0.25) is 0 Å². The Balaban J connectivity index is 1.78. The molecule has 1 saturated heterocycles. The van der Waals surface area contributed by atoms with Gasteiger partial charge in [-0.05, 0) is 50.4 Å². The van der Waals surface area contributed by atoms with E-state index in [2.05, 4.69) is 18.0 Å². The number of allylic oxidation sites excluding steroid dienone is 1. The standard InChI is InChI=1S/C21H25NO4/c1-4-15(23)12-10-13-14-9-11-5-6-16(25-3)19-17(11)21(13,7-8-22(14)2)20(26-19)18(12)24/h5-6,13-14,20,23H,4,7-10H2,1-3H3/b15-12+/t13-,14+,20-,21-/m0/s1. The van der Waals surface area contributed by atoms with Crippen LogP contribution in [0.4, 0.5) is 0 Å². The molecule has 1 saturated carbocycles. The smallest absolute Gasteiger partial charge is 0.203 e. The zero-order chi connectivity index (χ0) is 18.2. The lowest BCUT2D eigenvalue weighted by Gasteiger charge is -2.57. The Hall–Kier alpha value is -2.01. The van der Waals surface area contributed by atoms with Crippen molar-refractivity contribution in [2.45, 2.75) is 50.2 Å². The maximum absolute atomic E-state index is 13.3. The fraction of sp³-hybridized carbons (Fsp3) is 0.571. The van der Waals surface area contributed by atoms with E-state index in [1.807, 2.05) is 13.0 Å². The first kappa shape index (κ1) is 16.2. The highest BCUT2D eigenvalue weighted by molar-refractivity contribution is 6.03. The second-order valence-electron chi connectivity index (χ2n) is 8.13. The number of benzene rings is 1. The molecular formula is C21H25NO4. The molecule has 1 spiro atoms. The highest BCUT2D eigenvalue weighted by atomic mass is 16.5. The van der Waals surface area contributed by atoms with Crippen LogP contribution in [0.15, 0.2) is 23.5 Å². The molecule has 5 rings (SSSR count). The Morgan fingerprint density at radius 3 is 2.96 bits per heavy atom. The van der Waals surface area contributed by atoms with Gasteiger partial charge in [0.05, 0.1) is 12.9 Å². The summed E-state index contributed by atoms with van der Waals surface area (Å²) in [5, 5.41) is 10.4. The number of nitrogens with zero attached hydrogens (tertiary/aromatic N) is 1. The highest BCUT2D eigenvalue weighted by Gasteiger charge is 2.66. The molecule has 2 fully saturated rings. The van der Waals surface area contributed by atoms with Gasteiger partial charge in [-0.3, -0.25) is 4.79 Å². The van der Waals surface area contributed by atoms with E-state index in [9.17, 15) is 9.90 Å². The van der Waals surface area contributed by atoms with Gasteiger partial charge in [0, 0.05) is 29.0 Å². The van der Waals surface area contributed by atoms with Gasteiger partial charge in [-0.2, -0.15) is 0 Å². The van der Waals surface area contributed by atoms with Crippen molar-refractivity contribution in [1.29, 1.82) is 0 Å². The molecule has 5 nitrogen and oxygen atoms in total. The summed E-state index contributed by atoms with van der Waals surface area (Å²) >= 11 is 0. The Labute approximate surface area is 153 Å². The largest absolute Gasteiger partial charge is 0.512 e. The van der Waals surface area contributed by atoms with Crippen molar-refractivity contribution in [3.05, 3.63) is 34.6 Å². The van der Waals surface area contributed by atoms with Crippen molar-refractivity contribution in [1.82, 2.24) is 4.90 Å². The molecule has 1 aromatic rings. The van der Waals surface area contributed by atoms with Gasteiger partial charge in [-0.15, -0.1) is 0 Å². The summed E-state index contributed by atoms with van der Waals surface area (Å²) in [5.41, 5.74) is 2.80. The molecule has 2 heterocycles. The van der Waals surface area contributed by atoms with E-state index in [1.165, 1.54) is 11.1 Å². The monoisotopic (exact) mass is 355 g/mol. The molecule has 26 heavy (non-hydrogen) atoms. The Morgan fingerprint density at radius 1 is 1.42 bits per heavy atom. The Bertz CT molecular complexity index is 845. The number of Topliss-reactive ketones (excluding diaryl/α,β-unsaturated/α-hetero) is 1. The van der Waals surface area contributed by atoms with E-state index in [4.69, 9.17) is 9.47 Å².